The molecule has 6 aromatic carbocycles. The van der Waals surface area contributed by atoms with Crippen LogP contribution in [0.15, 0.2) is 160 Å². The van der Waals surface area contributed by atoms with Crippen LogP contribution in [0.5, 0.6) is 17.2 Å². The van der Waals surface area contributed by atoms with Gasteiger partial charge in [0, 0.05) is 0 Å². The van der Waals surface area contributed by atoms with E-state index in [9.17, 15) is 20.8 Å². The van der Waals surface area contributed by atoms with Crippen LogP contribution in [0.25, 0.3) is 0 Å². The fraction of sp³-hybridized carbons (Fsp3) is 0.143. The molecule has 3 nitrogen and oxygen atoms in total. The average Bonchev–Trinajstić information content (AvgIpc) is 3.11. The molecule has 0 atom stereocenters. The summed E-state index contributed by atoms with van der Waals surface area (Å²) in [6.07, 6.45) is 0. The van der Waals surface area contributed by atoms with E-state index in [4.69, 9.17) is 14.2 Å². The van der Waals surface area contributed by atoms with Gasteiger partial charge in [0.2, 0.25) is 14.7 Å². The molecule has 0 N–H and O–H groups in total. The van der Waals surface area contributed by atoms with Crippen molar-refractivity contribution in [3.05, 3.63) is 179 Å². The summed E-state index contributed by atoms with van der Waals surface area (Å²) in [4.78, 5) is 3.24. The number of ether oxygens (including phenoxy) is 3. The van der Waals surface area contributed by atoms with E-state index < -0.39 is 25.1 Å². The summed E-state index contributed by atoms with van der Waals surface area (Å²) in [5.41, 5.74) is 7.14. The van der Waals surface area contributed by atoms with E-state index in [1.807, 2.05) is 18.2 Å². The van der Waals surface area contributed by atoms with Crippen molar-refractivity contribution in [1.82, 2.24) is 0 Å². The zero-order chi connectivity index (χ0) is 38.1. The van der Waals surface area contributed by atoms with Crippen LogP contribution < -0.4 is 14.2 Å². The summed E-state index contributed by atoms with van der Waals surface area (Å²) in [7, 11) is -0.614. The fourth-order valence-corrected chi connectivity index (χ4v) is 7.69. The zero-order valence-electron chi connectivity index (χ0n) is 29.3. The van der Waals surface area contributed by atoms with Crippen molar-refractivity contribution in [2.45, 2.75) is 55.3 Å². The van der Waals surface area contributed by atoms with Crippen molar-refractivity contribution in [1.29, 1.82) is 0 Å². The number of benzene rings is 6. The average molecular weight is 813 g/mol. The van der Waals surface area contributed by atoms with Crippen LogP contribution in [0.3, 0.4) is 0 Å². The van der Waals surface area contributed by atoms with Gasteiger partial charge in [0.15, 0.2) is 17.2 Å². The van der Waals surface area contributed by atoms with Gasteiger partial charge in [-0.1, -0.05) is 109 Å². The van der Waals surface area contributed by atoms with Gasteiger partial charge in [-0.3, -0.25) is 0 Å². The predicted molar refractivity (Wildman–Crippen MR) is 200 cm³/mol. The Morgan fingerprint density at radius 3 is 0.868 bits per heavy atom. The first-order valence-electron chi connectivity index (χ1n) is 16.6. The van der Waals surface area contributed by atoms with Crippen LogP contribution in [-0.2, 0) is 30.7 Å². The van der Waals surface area contributed by atoms with E-state index in [2.05, 4.69) is 148 Å². The van der Waals surface area contributed by atoms with Gasteiger partial charge in [-0.05, 0) is 90.6 Å². The van der Waals surface area contributed by atoms with Crippen molar-refractivity contribution in [3.8, 4) is 17.2 Å². The molecule has 0 bridgehead atoms. The van der Waals surface area contributed by atoms with Crippen LogP contribution in [0.4, 0.5) is 20.8 Å². The standard InChI is InChI=1S/C42H39O3S.AsF6/c1-31-16-4-7-19-34(31)28-43-37-22-10-13-25-40(37)46(41-26-14-11-23-38(41)44-29-35-20-8-5-17-32(35)2)42-27-15-12-24-39(42)45-30-36-21-9-6-18-33(36)3;2-1(3,4,5,6)7/h4-27H,28-30H2,1-3H3;/q+1;-1. The molecule has 0 heterocycles. The summed E-state index contributed by atoms with van der Waals surface area (Å²) in [6, 6.07) is 50.2. The van der Waals surface area contributed by atoms with Crippen LogP contribution in [0, 0.1) is 20.8 Å². The molecular weight excluding hydrogens is 773 g/mol. The third kappa shape index (κ3) is 12.4. The van der Waals surface area contributed by atoms with Gasteiger partial charge in [-0.15, -0.1) is 0 Å². The molecular formula is C42H39AsF6O3S. The quantitative estimate of drug-likeness (QED) is 0.0700. The number of para-hydroxylation sites is 3. The number of aryl methyl sites for hydroxylation is 3. The molecule has 53 heavy (non-hydrogen) atoms. The van der Waals surface area contributed by atoms with E-state index in [1.165, 1.54) is 33.4 Å². The molecule has 11 heteroatoms. The molecule has 0 spiro atoms. The molecule has 0 aromatic heterocycles. The first kappa shape index (κ1) is 39.4. The van der Waals surface area contributed by atoms with E-state index in [1.54, 1.807) is 0 Å². The molecule has 0 aliphatic carbocycles. The van der Waals surface area contributed by atoms with Crippen molar-refractivity contribution in [2.24, 2.45) is 0 Å². The number of rotatable bonds is 12. The van der Waals surface area contributed by atoms with E-state index in [0.29, 0.717) is 19.8 Å². The third-order valence-electron chi connectivity index (χ3n) is 8.14. The second-order valence-electron chi connectivity index (χ2n) is 12.3. The van der Waals surface area contributed by atoms with Crippen molar-refractivity contribution < 1.29 is 35.0 Å². The van der Waals surface area contributed by atoms with Gasteiger partial charge in [0.1, 0.15) is 30.7 Å². The van der Waals surface area contributed by atoms with Crippen molar-refractivity contribution >= 4 is 25.1 Å². The SMILES string of the molecule is Cc1ccccc1COc1ccccc1[S+](c1ccccc1OCc1ccccc1C)c1ccccc1OCc1ccccc1C.F[As-](F)(F)(F)(F)F. The summed E-state index contributed by atoms with van der Waals surface area (Å²) < 4.78 is 79.3. The summed E-state index contributed by atoms with van der Waals surface area (Å²) in [5.74, 6) is 2.53. The molecule has 0 aliphatic heterocycles. The monoisotopic (exact) mass is 812 g/mol. The zero-order valence-corrected chi connectivity index (χ0v) is 32.0. The maximum atomic E-state index is 9.91. The number of hydrogen-bond donors (Lipinski definition) is 0. The van der Waals surface area contributed by atoms with Crippen LogP contribution >= 0.6 is 0 Å². The van der Waals surface area contributed by atoms with Gasteiger partial charge in [0.25, 0.3) is 0 Å². The molecule has 0 aliphatic rings. The second-order valence-corrected chi connectivity index (χ2v) is 18.2. The molecule has 0 amide bonds. The normalized spacial score (nSPS) is 12.6. The van der Waals surface area contributed by atoms with Gasteiger partial charge in [-0.2, -0.15) is 0 Å². The fourth-order valence-electron chi connectivity index (χ4n) is 5.35. The first-order chi connectivity index (χ1) is 25.0. The van der Waals surface area contributed by atoms with E-state index >= 15 is 0 Å². The summed E-state index contributed by atoms with van der Waals surface area (Å²) in [5, 5.41) is 0. The second kappa shape index (κ2) is 16.1. The molecule has 0 radical (unpaired) electrons. The Kier molecular flexibility index (Phi) is 11.9. The molecule has 0 fully saturated rings. The number of halogens is 6. The van der Waals surface area contributed by atoms with E-state index in [0.717, 1.165) is 31.9 Å². The molecule has 0 unspecified atom stereocenters. The Bertz CT molecular complexity index is 1930. The number of hydrogen-bond acceptors (Lipinski definition) is 3. The Morgan fingerprint density at radius 2 is 0.604 bits per heavy atom. The van der Waals surface area contributed by atoms with Gasteiger partial charge >= 0.3 is 35.0 Å². The molecule has 278 valence electrons. The minimum absolute atomic E-state index is 0.484. The van der Waals surface area contributed by atoms with Crippen LogP contribution in [0.2, 0.25) is 0 Å². The summed E-state index contributed by atoms with van der Waals surface area (Å²) >= 11 is -11.1. The topological polar surface area (TPSA) is 27.7 Å². The van der Waals surface area contributed by atoms with Crippen molar-refractivity contribution in [3.63, 3.8) is 0 Å². The van der Waals surface area contributed by atoms with Crippen molar-refractivity contribution in [2.75, 3.05) is 0 Å². The molecule has 6 rings (SSSR count). The Balaban J connectivity index is 0.000000705. The molecule has 0 saturated carbocycles. The molecule has 6 aromatic rings. The van der Waals surface area contributed by atoms with E-state index in [-0.39, 0.29) is 0 Å². The van der Waals surface area contributed by atoms with Gasteiger partial charge in [0.05, 0.1) is 0 Å². The predicted octanol–water partition coefficient (Wildman–Crippen LogP) is 12.6. The van der Waals surface area contributed by atoms with Crippen LogP contribution in [-0.4, -0.2) is 14.2 Å². The van der Waals surface area contributed by atoms with Gasteiger partial charge < -0.3 is 14.2 Å². The minimum atomic E-state index is -11.1. The van der Waals surface area contributed by atoms with Crippen LogP contribution in [0.1, 0.15) is 33.4 Å². The van der Waals surface area contributed by atoms with Gasteiger partial charge in [-0.25, -0.2) is 0 Å². The Morgan fingerprint density at radius 1 is 0.377 bits per heavy atom. The Labute approximate surface area is 310 Å². The molecule has 0 saturated heterocycles. The summed E-state index contributed by atoms with van der Waals surface area (Å²) in [6.45, 7) is 7.82. The maximum absolute atomic E-state index is 11.1. The first-order valence-corrected chi connectivity index (χ1v) is 22.1. The third-order valence-corrected chi connectivity index (χ3v) is 10.5. The Hall–Kier alpha value is -4.79.